The van der Waals surface area contributed by atoms with E-state index in [1.165, 1.54) is 0 Å². The van der Waals surface area contributed by atoms with Crippen LogP contribution >= 0.6 is 0 Å². The molecule has 148 valence electrons. The summed E-state index contributed by atoms with van der Waals surface area (Å²) in [5, 5.41) is 0. The highest BCUT2D eigenvalue weighted by molar-refractivity contribution is 7.88. The zero-order valence-electron chi connectivity index (χ0n) is 15.8. The topological polar surface area (TPSA) is 75.7 Å². The molecule has 1 saturated heterocycles. The number of amides is 1. The quantitative estimate of drug-likeness (QED) is 0.857. The molecule has 2 heterocycles. The second-order valence-corrected chi connectivity index (χ2v) is 9.18. The van der Waals surface area contributed by atoms with E-state index in [0.29, 0.717) is 26.0 Å². The molecule has 1 fully saturated rings. The lowest BCUT2D eigenvalue weighted by Crippen LogP contribution is -2.47. The lowest BCUT2D eigenvalue weighted by Gasteiger charge is -2.28. The molecule has 2 aromatic rings. The van der Waals surface area contributed by atoms with E-state index in [-0.39, 0.29) is 24.4 Å². The van der Waals surface area contributed by atoms with Gasteiger partial charge in [0.2, 0.25) is 15.9 Å². The SMILES string of the molecule is CS(=O)(=O)NC1CCN2C(=O)CCOc3c(cccc3-c3ccccc3)CC12. The van der Waals surface area contributed by atoms with Gasteiger partial charge in [0, 0.05) is 18.2 Å². The van der Waals surface area contributed by atoms with Crippen LogP contribution in [0.5, 0.6) is 5.75 Å². The number of carbonyl (C=O) groups excluding carboxylic acids is 1. The molecule has 4 rings (SSSR count). The number of benzene rings is 2. The minimum Gasteiger partial charge on any atom is -0.492 e. The molecule has 0 bridgehead atoms. The third kappa shape index (κ3) is 3.91. The summed E-state index contributed by atoms with van der Waals surface area (Å²) in [7, 11) is -3.35. The van der Waals surface area contributed by atoms with Crippen LogP contribution in [0.2, 0.25) is 0 Å². The molecule has 1 N–H and O–H groups in total. The van der Waals surface area contributed by atoms with E-state index < -0.39 is 10.0 Å². The summed E-state index contributed by atoms with van der Waals surface area (Å²) in [5.41, 5.74) is 3.04. The Morgan fingerprint density at radius 2 is 1.89 bits per heavy atom. The molecule has 0 aliphatic carbocycles. The molecule has 7 heteroatoms. The monoisotopic (exact) mass is 400 g/mol. The van der Waals surface area contributed by atoms with Crippen LogP contribution in [0, 0.1) is 0 Å². The van der Waals surface area contributed by atoms with Crippen molar-refractivity contribution in [3.05, 3.63) is 54.1 Å². The predicted molar refractivity (Wildman–Crippen MR) is 108 cm³/mol. The van der Waals surface area contributed by atoms with Gasteiger partial charge in [-0.1, -0.05) is 48.5 Å². The molecule has 1 amide bonds. The maximum Gasteiger partial charge on any atom is 0.226 e. The van der Waals surface area contributed by atoms with E-state index in [1.54, 1.807) is 0 Å². The second-order valence-electron chi connectivity index (χ2n) is 7.40. The number of nitrogens with one attached hydrogen (secondary N) is 1. The van der Waals surface area contributed by atoms with Crippen LogP contribution in [0.15, 0.2) is 48.5 Å². The number of sulfonamides is 1. The van der Waals surface area contributed by atoms with Crippen molar-refractivity contribution < 1.29 is 17.9 Å². The average molecular weight is 401 g/mol. The summed E-state index contributed by atoms with van der Waals surface area (Å²) >= 11 is 0. The van der Waals surface area contributed by atoms with Gasteiger partial charge in [-0.2, -0.15) is 0 Å². The Morgan fingerprint density at radius 3 is 2.64 bits per heavy atom. The van der Waals surface area contributed by atoms with Gasteiger partial charge in [0.05, 0.1) is 25.3 Å². The first-order valence-corrected chi connectivity index (χ1v) is 11.4. The molecule has 28 heavy (non-hydrogen) atoms. The van der Waals surface area contributed by atoms with Crippen molar-refractivity contribution in [3.8, 4) is 16.9 Å². The maximum atomic E-state index is 12.7. The lowest BCUT2D eigenvalue weighted by molar-refractivity contribution is -0.132. The normalized spacial score (nSPS) is 22.5. The van der Waals surface area contributed by atoms with Gasteiger partial charge in [0.15, 0.2) is 0 Å². The number of nitrogens with zero attached hydrogens (tertiary/aromatic N) is 1. The zero-order valence-corrected chi connectivity index (χ0v) is 16.6. The first-order chi connectivity index (χ1) is 13.4. The van der Waals surface area contributed by atoms with Crippen molar-refractivity contribution in [2.24, 2.45) is 0 Å². The van der Waals surface area contributed by atoms with E-state index in [2.05, 4.69) is 4.72 Å². The maximum absolute atomic E-state index is 12.7. The summed E-state index contributed by atoms with van der Waals surface area (Å²) in [5.74, 6) is 0.797. The summed E-state index contributed by atoms with van der Waals surface area (Å²) in [6, 6.07) is 15.5. The standard InChI is InChI=1S/C21H24N2O4S/c1-28(25,26)22-18-10-12-23-19(18)14-16-8-5-9-17(15-6-3-2-4-7-15)21(16)27-13-11-20(23)24/h2-9,18-19,22H,10-14H2,1H3. The van der Waals surface area contributed by atoms with E-state index in [9.17, 15) is 13.2 Å². The van der Waals surface area contributed by atoms with Crippen molar-refractivity contribution in [2.45, 2.75) is 31.3 Å². The van der Waals surface area contributed by atoms with E-state index in [0.717, 1.165) is 28.7 Å². The Hall–Kier alpha value is -2.38. The van der Waals surface area contributed by atoms with E-state index in [4.69, 9.17) is 4.74 Å². The molecule has 6 nitrogen and oxygen atoms in total. The molecule has 2 unspecified atom stereocenters. The Morgan fingerprint density at radius 1 is 1.11 bits per heavy atom. The zero-order chi connectivity index (χ0) is 19.7. The minimum atomic E-state index is -3.35. The Kier molecular flexibility index (Phi) is 5.12. The Balaban J connectivity index is 1.74. The van der Waals surface area contributed by atoms with Gasteiger partial charge < -0.3 is 9.64 Å². The van der Waals surface area contributed by atoms with Crippen molar-refractivity contribution >= 4 is 15.9 Å². The molecule has 0 aromatic heterocycles. The van der Waals surface area contributed by atoms with E-state index >= 15 is 0 Å². The first kappa shape index (κ1) is 19.0. The summed E-state index contributed by atoms with van der Waals surface area (Å²) in [4.78, 5) is 14.5. The van der Waals surface area contributed by atoms with Gasteiger partial charge in [0.25, 0.3) is 0 Å². The number of fused-ring (bicyclic) bond motifs is 2. The third-order valence-corrected chi connectivity index (χ3v) is 6.14. The van der Waals surface area contributed by atoms with Crippen LogP contribution in [0.4, 0.5) is 0 Å². The fourth-order valence-corrected chi connectivity index (χ4v) is 5.02. The van der Waals surface area contributed by atoms with Crippen LogP contribution in [0.3, 0.4) is 0 Å². The smallest absolute Gasteiger partial charge is 0.226 e. The Labute approximate surface area is 165 Å². The Bertz CT molecular complexity index is 975. The number of hydrogen-bond donors (Lipinski definition) is 1. The summed E-state index contributed by atoms with van der Waals surface area (Å²) < 4.78 is 32.4. The van der Waals surface area contributed by atoms with Crippen molar-refractivity contribution in [1.29, 1.82) is 0 Å². The van der Waals surface area contributed by atoms with Gasteiger partial charge in [-0.25, -0.2) is 13.1 Å². The van der Waals surface area contributed by atoms with Gasteiger partial charge in [-0.15, -0.1) is 0 Å². The highest BCUT2D eigenvalue weighted by Crippen LogP contribution is 2.36. The van der Waals surface area contributed by atoms with E-state index in [1.807, 2.05) is 53.4 Å². The lowest BCUT2D eigenvalue weighted by atomic mass is 9.95. The van der Waals surface area contributed by atoms with Crippen LogP contribution in [-0.2, 0) is 21.2 Å². The van der Waals surface area contributed by atoms with Gasteiger partial charge in [-0.3, -0.25) is 4.79 Å². The average Bonchev–Trinajstić information content (AvgIpc) is 3.05. The number of hydrogen-bond acceptors (Lipinski definition) is 4. The molecular weight excluding hydrogens is 376 g/mol. The van der Waals surface area contributed by atoms with Gasteiger partial charge >= 0.3 is 0 Å². The first-order valence-electron chi connectivity index (χ1n) is 9.49. The highest BCUT2D eigenvalue weighted by Gasteiger charge is 2.39. The molecule has 0 radical (unpaired) electrons. The van der Waals surface area contributed by atoms with Crippen molar-refractivity contribution in [2.75, 3.05) is 19.4 Å². The highest BCUT2D eigenvalue weighted by atomic mass is 32.2. The molecule has 0 saturated carbocycles. The molecule has 2 atom stereocenters. The number of ether oxygens (including phenoxy) is 1. The number of para-hydroxylation sites is 1. The molecule has 2 aromatic carbocycles. The second kappa shape index (κ2) is 7.56. The predicted octanol–water partition coefficient (Wildman–Crippen LogP) is 2.20. The van der Waals surface area contributed by atoms with Gasteiger partial charge in [-0.05, 0) is 24.0 Å². The van der Waals surface area contributed by atoms with Crippen LogP contribution in [0.1, 0.15) is 18.4 Å². The van der Waals surface area contributed by atoms with Gasteiger partial charge in [0.1, 0.15) is 5.75 Å². The summed E-state index contributed by atoms with van der Waals surface area (Å²) in [6.45, 7) is 0.869. The molecule has 0 spiro atoms. The molecule has 2 aliphatic rings. The van der Waals surface area contributed by atoms with Crippen LogP contribution in [-0.4, -0.2) is 50.7 Å². The van der Waals surface area contributed by atoms with Crippen LogP contribution in [0.25, 0.3) is 11.1 Å². The fourth-order valence-electron chi connectivity index (χ4n) is 4.20. The largest absolute Gasteiger partial charge is 0.492 e. The van der Waals surface area contributed by atoms with Crippen LogP contribution < -0.4 is 9.46 Å². The third-order valence-electron chi connectivity index (χ3n) is 5.40. The molecular formula is C21H24N2O4S. The minimum absolute atomic E-state index is 0.0110. The number of rotatable bonds is 3. The fraction of sp³-hybridized carbons (Fsp3) is 0.381. The van der Waals surface area contributed by atoms with Crippen molar-refractivity contribution in [1.82, 2.24) is 9.62 Å². The number of carbonyl (C=O) groups is 1. The molecule has 2 aliphatic heterocycles. The summed E-state index contributed by atoms with van der Waals surface area (Å²) in [6.07, 6.45) is 2.62. The van der Waals surface area contributed by atoms with Crippen molar-refractivity contribution in [3.63, 3.8) is 0 Å².